The first-order chi connectivity index (χ1) is 11.8. The van der Waals surface area contributed by atoms with Crippen LogP contribution in [-0.4, -0.2) is 20.7 Å². The number of alkyl halides is 3. The van der Waals surface area contributed by atoms with Gasteiger partial charge in [0, 0.05) is 17.7 Å². The van der Waals surface area contributed by atoms with E-state index in [1.54, 1.807) is 19.1 Å². The summed E-state index contributed by atoms with van der Waals surface area (Å²) in [5, 5.41) is 0.295. The average Bonchev–Trinajstić information content (AvgIpc) is 2.55. The molecule has 0 radical (unpaired) electrons. The summed E-state index contributed by atoms with van der Waals surface area (Å²) in [7, 11) is 0. The molecule has 134 valence electrons. The van der Waals surface area contributed by atoms with Crippen LogP contribution < -0.4 is 5.56 Å². The van der Waals surface area contributed by atoms with Gasteiger partial charge in [-0.15, -0.1) is 0 Å². The second kappa shape index (κ2) is 6.78. The maximum absolute atomic E-state index is 12.9. The first-order valence-electron chi connectivity index (χ1n) is 8.05. The van der Waals surface area contributed by atoms with Crippen molar-refractivity contribution in [2.24, 2.45) is 5.92 Å². The van der Waals surface area contributed by atoms with Gasteiger partial charge in [0.2, 0.25) is 0 Å². The molecule has 0 atom stereocenters. The fourth-order valence-corrected chi connectivity index (χ4v) is 3.44. The van der Waals surface area contributed by atoms with Gasteiger partial charge in [-0.2, -0.15) is 13.2 Å². The number of halogens is 4. The molecular formula is C17H17ClF3N3O. The summed E-state index contributed by atoms with van der Waals surface area (Å²) >= 11 is 5.79. The Morgan fingerprint density at radius 1 is 1.20 bits per heavy atom. The predicted octanol–water partition coefficient (Wildman–Crippen LogP) is 4.43. The van der Waals surface area contributed by atoms with Crippen LogP contribution in [0.25, 0.3) is 5.69 Å². The number of hydrogen-bond donors (Lipinski definition) is 0. The van der Waals surface area contributed by atoms with Crippen LogP contribution in [0.15, 0.2) is 29.2 Å². The molecule has 1 aliphatic rings. The van der Waals surface area contributed by atoms with E-state index < -0.39 is 12.1 Å². The van der Waals surface area contributed by atoms with Gasteiger partial charge < -0.3 is 0 Å². The largest absolute Gasteiger partial charge is 0.391 e. The zero-order valence-electron chi connectivity index (χ0n) is 13.6. The molecule has 0 spiro atoms. The van der Waals surface area contributed by atoms with E-state index in [0.29, 0.717) is 35.2 Å². The van der Waals surface area contributed by atoms with Gasteiger partial charge in [0.1, 0.15) is 11.0 Å². The van der Waals surface area contributed by atoms with Gasteiger partial charge in [0.25, 0.3) is 5.56 Å². The molecule has 25 heavy (non-hydrogen) atoms. The lowest BCUT2D eigenvalue weighted by molar-refractivity contribution is -0.182. The average molecular weight is 372 g/mol. The van der Waals surface area contributed by atoms with Gasteiger partial charge in [-0.05, 0) is 44.7 Å². The van der Waals surface area contributed by atoms with E-state index >= 15 is 0 Å². The Morgan fingerprint density at radius 3 is 2.44 bits per heavy atom. The molecule has 0 unspecified atom stereocenters. The van der Waals surface area contributed by atoms with E-state index in [1.807, 2.05) is 0 Å². The number of aromatic nitrogens is 3. The third-order valence-corrected chi connectivity index (χ3v) is 4.82. The standard InChI is InChI=1S/C17H17ClF3N3O/c1-10-8-15(25)24(13-6-7-14(18)22-9-13)16(23-10)11-2-4-12(5-3-11)17(19,20)21/h6-9,11-12H,2-5H2,1H3. The predicted molar refractivity (Wildman–Crippen MR) is 88.1 cm³/mol. The molecule has 0 amide bonds. The van der Waals surface area contributed by atoms with Crippen LogP contribution in [0.5, 0.6) is 0 Å². The summed E-state index contributed by atoms with van der Waals surface area (Å²) in [5.74, 6) is -0.970. The van der Waals surface area contributed by atoms with Gasteiger partial charge >= 0.3 is 6.18 Å². The van der Waals surface area contributed by atoms with Gasteiger partial charge in [-0.1, -0.05) is 11.6 Å². The number of rotatable bonds is 2. The fourth-order valence-electron chi connectivity index (χ4n) is 3.33. The maximum atomic E-state index is 12.9. The summed E-state index contributed by atoms with van der Waals surface area (Å²) in [4.78, 5) is 20.9. The van der Waals surface area contributed by atoms with Crippen molar-refractivity contribution in [1.29, 1.82) is 0 Å². The number of aryl methyl sites for hydroxylation is 1. The van der Waals surface area contributed by atoms with E-state index in [4.69, 9.17) is 11.6 Å². The van der Waals surface area contributed by atoms with Crippen LogP contribution >= 0.6 is 11.6 Å². The molecule has 0 N–H and O–H groups in total. The summed E-state index contributed by atoms with van der Waals surface area (Å²) in [6, 6.07) is 4.62. The number of hydrogen-bond acceptors (Lipinski definition) is 3. The highest BCUT2D eigenvalue weighted by molar-refractivity contribution is 6.29. The molecule has 0 aromatic carbocycles. The van der Waals surface area contributed by atoms with E-state index in [2.05, 4.69) is 9.97 Å². The van der Waals surface area contributed by atoms with Gasteiger partial charge in [-0.3, -0.25) is 9.36 Å². The molecule has 1 saturated carbocycles. The Bertz CT molecular complexity index is 809. The molecule has 3 rings (SSSR count). The van der Waals surface area contributed by atoms with Crippen molar-refractivity contribution in [3.8, 4) is 5.69 Å². The van der Waals surface area contributed by atoms with Crippen LogP contribution in [0, 0.1) is 12.8 Å². The summed E-state index contributed by atoms with van der Waals surface area (Å²) < 4.78 is 40.1. The molecule has 1 aliphatic carbocycles. The van der Waals surface area contributed by atoms with Crippen LogP contribution in [0.1, 0.15) is 43.1 Å². The van der Waals surface area contributed by atoms with Crippen molar-refractivity contribution in [1.82, 2.24) is 14.5 Å². The zero-order chi connectivity index (χ0) is 18.2. The van der Waals surface area contributed by atoms with E-state index in [-0.39, 0.29) is 24.3 Å². The van der Waals surface area contributed by atoms with Crippen molar-refractivity contribution in [2.45, 2.75) is 44.7 Å². The van der Waals surface area contributed by atoms with E-state index in [0.717, 1.165) is 0 Å². The number of pyridine rings is 1. The Balaban J connectivity index is 1.97. The lowest BCUT2D eigenvalue weighted by Gasteiger charge is -2.30. The SMILES string of the molecule is Cc1cc(=O)n(-c2ccc(Cl)nc2)c(C2CCC(C(F)(F)F)CC2)n1. The Morgan fingerprint density at radius 2 is 1.88 bits per heavy atom. The molecule has 2 aromatic rings. The third kappa shape index (κ3) is 3.86. The Hall–Kier alpha value is -1.89. The van der Waals surface area contributed by atoms with Crippen LogP contribution in [-0.2, 0) is 0 Å². The fraction of sp³-hybridized carbons (Fsp3) is 0.471. The quantitative estimate of drug-likeness (QED) is 0.734. The monoisotopic (exact) mass is 371 g/mol. The minimum absolute atomic E-state index is 0.0524. The molecule has 2 aromatic heterocycles. The van der Waals surface area contributed by atoms with E-state index in [9.17, 15) is 18.0 Å². The minimum Gasteiger partial charge on any atom is -0.269 e. The summed E-state index contributed by atoms with van der Waals surface area (Å²) in [5.41, 5.74) is 0.788. The minimum atomic E-state index is -4.16. The van der Waals surface area contributed by atoms with Crippen molar-refractivity contribution in [2.75, 3.05) is 0 Å². The Labute approximate surface area is 147 Å². The van der Waals surface area contributed by atoms with Crippen LogP contribution in [0.2, 0.25) is 5.15 Å². The molecule has 0 aliphatic heterocycles. The highest BCUT2D eigenvalue weighted by Gasteiger charge is 2.42. The molecule has 0 bridgehead atoms. The molecule has 0 saturated heterocycles. The molecule has 4 nitrogen and oxygen atoms in total. The molecule has 1 fully saturated rings. The molecular weight excluding hydrogens is 355 g/mol. The first kappa shape index (κ1) is 17.9. The second-order valence-corrected chi connectivity index (χ2v) is 6.75. The van der Waals surface area contributed by atoms with Crippen molar-refractivity contribution in [3.63, 3.8) is 0 Å². The lowest BCUT2D eigenvalue weighted by Crippen LogP contribution is -2.31. The Kier molecular flexibility index (Phi) is 4.86. The van der Waals surface area contributed by atoms with Crippen LogP contribution in [0.3, 0.4) is 0 Å². The van der Waals surface area contributed by atoms with Gasteiger partial charge in [-0.25, -0.2) is 9.97 Å². The molecule has 2 heterocycles. The highest BCUT2D eigenvalue weighted by atomic mass is 35.5. The lowest BCUT2D eigenvalue weighted by atomic mass is 9.81. The third-order valence-electron chi connectivity index (χ3n) is 4.60. The van der Waals surface area contributed by atoms with Gasteiger partial charge in [0.15, 0.2) is 0 Å². The zero-order valence-corrected chi connectivity index (χ0v) is 14.3. The normalized spacial score (nSPS) is 21.3. The maximum Gasteiger partial charge on any atom is 0.391 e. The first-order valence-corrected chi connectivity index (χ1v) is 8.42. The van der Waals surface area contributed by atoms with Gasteiger partial charge in [0.05, 0.1) is 17.8 Å². The summed E-state index contributed by atoms with van der Waals surface area (Å²) in [6.45, 7) is 1.71. The van der Waals surface area contributed by atoms with Crippen molar-refractivity contribution < 1.29 is 13.2 Å². The highest BCUT2D eigenvalue weighted by Crippen LogP contribution is 2.42. The van der Waals surface area contributed by atoms with Crippen molar-refractivity contribution in [3.05, 3.63) is 51.4 Å². The molecule has 8 heteroatoms. The van der Waals surface area contributed by atoms with E-state index in [1.165, 1.54) is 16.8 Å². The topological polar surface area (TPSA) is 47.8 Å². The number of nitrogens with zero attached hydrogens (tertiary/aromatic N) is 3. The van der Waals surface area contributed by atoms with Crippen LogP contribution in [0.4, 0.5) is 13.2 Å². The summed E-state index contributed by atoms with van der Waals surface area (Å²) in [6.07, 6.45) is -1.90. The second-order valence-electron chi connectivity index (χ2n) is 6.36. The van der Waals surface area contributed by atoms with Crippen molar-refractivity contribution >= 4 is 11.6 Å². The smallest absolute Gasteiger partial charge is 0.269 e.